The van der Waals surface area contributed by atoms with Crippen molar-refractivity contribution in [1.82, 2.24) is 0 Å². The van der Waals surface area contributed by atoms with E-state index in [0.717, 1.165) is 5.56 Å². The van der Waals surface area contributed by atoms with Crippen LogP contribution in [0.5, 0.6) is 0 Å². The molecule has 0 bridgehead atoms. The van der Waals surface area contributed by atoms with Gasteiger partial charge < -0.3 is 4.74 Å². The summed E-state index contributed by atoms with van der Waals surface area (Å²) in [5.74, 6) is -0.982. The van der Waals surface area contributed by atoms with Crippen molar-refractivity contribution in [3.63, 3.8) is 0 Å². The lowest BCUT2D eigenvalue weighted by Gasteiger charge is -2.07. The lowest BCUT2D eigenvalue weighted by Crippen LogP contribution is -2.12. The number of ketones is 1. The van der Waals surface area contributed by atoms with Gasteiger partial charge in [0.05, 0.1) is 7.11 Å². The average Bonchev–Trinajstić information content (AvgIpc) is 2.80. The molecule has 0 N–H and O–H groups in total. The van der Waals surface area contributed by atoms with E-state index in [2.05, 4.69) is 0 Å². The minimum absolute atomic E-state index is 0.0565. The third-order valence-corrected chi connectivity index (χ3v) is 3.66. The Morgan fingerprint density at radius 3 is 2.43 bits per heavy atom. The zero-order valence-electron chi connectivity index (χ0n) is 11.2. The van der Waals surface area contributed by atoms with E-state index in [-0.39, 0.29) is 11.4 Å². The molecule has 0 saturated heterocycles. The van der Waals surface area contributed by atoms with Crippen molar-refractivity contribution in [3.05, 3.63) is 75.8 Å². The van der Waals surface area contributed by atoms with Gasteiger partial charge in [-0.25, -0.2) is 4.79 Å². The van der Waals surface area contributed by atoms with Crippen molar-refractivity contribution in [2.45, 2.75) is 0 Å². The minimum Gasteiger partial charge on any atom is -0.465 e. The van der Waals surface area contributed by atoms with Gasteiger partial charge in [0, 0.05) is 16.2 Å². The highest BCUT2D eigenvalue weighted by molar-refractivity contribution is 6.36. The van der Waals surface area contributed by atoms with Gasteiger partial charge in [-0.2, -0.15) is 0 Å². The summed E-state index contributed by atoms with van der Waals surface area (Å²) in [6.45, 7) is 0. The molecule has 1 aliphatic carbocycles. The van der Waals surface area contributed by atoms with Crippen molar-refractivity contribution in [2.24, 2.45) is 0 Å². The molecule has 0 aliphatic heterocycles. The smallest absolute Gasteiger partial charge is 0.342 e. The second-order valence-corrected chi connectivity index (χ2v) is 5.06. The normalized spacial score (nSPS) is 13.3. The molecule has 0 fully saturated rings. The van der Waals surface area contributed by atoms with E-state index < -0.39 is 5.97 Å². The summed E-state index contributed by atoms with van der Waals surface area (Å²) in [6.07, 6.45) is 0. The molecule has 2 aromatic rings. The average molecular weight is 299 g/mol. The fraction of sp³-hybridized carbons (Fsp3) is 0.0588. The summed E-state index contributed by atoms with van der Waals surface area (Å²) >= 11 is 5.96. The van der Waals surface area contributed by atoms with Gasteiger partial charge in [-0.1, -0.05) is 48.0 Å². The van der Waals surface area contributed by atoms with Gasteiger partial charge in [-0.3, -0.25) is 4.79 Å². The molecular weight excluding hydrogens is 288 g/mol. The molecule has 0 radical (unpaired) electrons. The number of ether oxygens (including phenoxy) is 1. The first-order valence-electron chi connectivity index (χ1n) is 6.36. The zero-order valence-corrected chi connectivity index (χ0v) is 12.0. The molecule has 2 aromatic carbocycles. The number of benzene rings is 2. The summed E-state index contributed by atoms with van der Waals surface area (Å²) < 4.78 is 4.77. The van der Waals surface area contributed by atoms with E-state index in [9.17, 15) is 9.59 Å². The van der Waals surface area contributed by atoms with Crippen molar-refractivity contribution in [1.29, 1.82) is 0 Å². The Morgan fingerprint density at radius 1 is 1.05 bits per heavy atom. The molecule has 0 aromatic heterocycles. The lowest BCUT2D eigenvalue weighted by atomic mass is 9.97. The standard InChI is InChI=1S/C17H11ClO3/c1-21-17(20)15-14(10-5-3-2-4-6-10)12-8-7-11(18)9-13(12)16(15)19/h2-9H,1H3. The number of hydrogen-bond donors (Lipinski definition) is 0. The molecular formula is C17H11ClO3. The minimum atomic E-state index is -0.633. The second-order valence-electron chi connectivity index (χ2n) is 4.63. The summed E-state index contributed by atoms with van der Waals surface area (Å²) in [4.78, 5) is 24.5. The highest BCUT2D eigenvalue weighted by Crippen LogP contribution is 2.38. The third-order valence-electron chi connectivity index (χ3n) is 3.42. The first kappa shape index (κ1) is 13.6. The van der Waals surface area contributed by atoms with Gasteiger partial charge in [-0.05, 0) is 23.3 Å². The topological polar surface area (TPSA) is 43.4 Å². The fourth-order valence-electron chi connectivity index (χ4n) is 2.51. The Hall–Kier alpha value is -2.39. The molecule has 104 valence electrons. The zero-order chi connectivity index (χ0) is 15.0. The van der Waals surface area contributed by atoms with Crippen LogP contribution in [0, 0.1) is 0 Å². The van der Waals surface area contributed by atoms with Gasteiger partial charge in [0.1, 0.15) is 5.57 Å². The Morgan fingerprint density at radius 2 is 1.76 bits per heavy atom. The maximum absolute atomic E-state index is 12.5. The highest BCUT2D eigenvalue weighted by atomic mass is 35.5. The largest absolute Gasteiger partial charge is 0.465 e. The number of carbonyl (C=O) groups excluding carboxylic acids is 2. The number of Topliss-reactive ketones (excluding diaryl/α,β-unsaturated/α-hetero) is 1. The summed E-state index contributed by atoms with van der Waals surface area (Å²) in [7, 11) is 1.27. The number of rotatable bonds is 2. The van der Waals surface area contributed by atoms with E-state index >= 15 is 0 Å². The summed E-state index contributed by atoms with van der Waals surface area (Å²) in [5.41, 5.74) is 2.59. The van der Waals surface area contributed by atoms with E-state index in [4.69, 9.17) is 16.3 Å². The SMILES string of the molecule is COC(=O)C1=C(c2ccccc2)c2ccc(Cl)cc2C1=O. The van der Waals surface area contributed by atoms with E-state index in [1.807, 2.05) is 30.3 Å². The van der Waals surface area contributed by atoms with Gasteiger partial charge in [-0.15, -0.1) is 0 Å². The molecule has 0 atom stereocenters. The molecule has 4 heteroatoms. The van der Waals surface area contributed by atoms with Crippen LogP contribution >= 0.6 is 11.6 Å². The van der Waals surface area contributed by atoms with E-state index in [0.29, 0.717) is 21.7 Å². The van der Waals surface area contributed by atoms with Crippen LogP contribution in [0.25, 0.3) is 5.57 Å². The molecule has 0 saturated carbocycles. The Labute approximate surface area is 126 Å². The molecule has 3 rings (SSSR count). The molecule has 0 spiro atoms. The Bertz CT molecular complexity index is 776. The second kappa shape index (κ2) is 5.19. The molecule has 3 nitrogen and oxygen atoms in total. The van der Waals surface area contributed by atoms with Crippen molar-refractivity contribution < 1.29 is 14.3 Å². The van der Waals surface area contributed by atoms with Gasteiger partial charge in [0.2, 0.25) is 5.78 Å². The number of methoxy groups -OCH3 is 1. The number of fused-ring (bicyclic) bond motifs is 1. The summed E-state index contributed by atoms with van der Waals surface area (Å²) in [6, 6.07) is 14.3. The van der Waals surface area contributed by atoms with Crippen LogP contribution in [0.2, 0.25) is 5.02 Å². The predicted molar refractivity (Wildman–Crippen MR) is 80.3 cm³/mol. The number of hydrogen-bond acceptors (Lipinski definition) is 3. The molecule has 1 aliphatic rings. The van der Waals surface area contributed by atoms with Crippen LogP contribution in [-0.4, -0.2) is 18.9 Å². The number of halogens is 1. The van der Waals surface area contributed by atoms with E-state index in [1.54, 1.807) is 18.2 Å². The third kappa shape index (κ3) is 2.16. The fourth-order valence-corrected chi connectivity index (χ4v) is 2.68. The van der Waals surface area contributed by atoms with Crippen LogP contribution in [0.15, 0.2) is 54.1 Å². The molecule has 0 heterocycles. The quantitative estimate of drug-likeness (QED) is 0.629. The Kier molecular flexibility index (Phi) is 3.35. The van der Waals surface area contributed by atoms with Crippen LogP contribution in [0.4, 0.5) is 0 Å². The molecule has 0 unspecified atom stereocenters. The molecule has 21 heavy (non-hydrogen) atoms. The predicted octanol–water partition coefficient (Wildman–Crippen LogP) is 3.51. The highest BCUT2D eigenvalue weighted by Gasteiger charge is 2.35. The summed E-state index contributed by atoms with van der Waals surface area (Å²) in [5, 5.41) is 0.459. The van der Waals surface area contributed by atoms with Crippen LogP contribution in [-0.2, 0) is 9.53 Å². The number of carbonyl (C=O) groups is 2. The van der Waals surface area contributed by atoms with Gasteiger partial charge in [0.15, 0.2) is 0 Å². The first-order chi connectivity index (χ1) is 10.1. The maximum atomic E-state index is 12.5. The van der Waals surface area contributed by atoms with Crippen molar-refractivity contribution in [3.8, 4) is 0 Å². The van der Waals surface area contributed by atoms with Gasteiger partial charge >= 0.3 is 5.97 Å². The maximum Gasteiger partial charge on any atom is 0.342 e. The number of esters is 1. The van der Waals surface area contributed by atoms with Crippen molar-refractivity contribution >= 4 is 28.9 Å². The monoisotopic (exact) mass is 298 g/mol. The Balaban J connectivity index is 2.30. The van der Waals surface area contributed by atoms with Crippen molar-refractivity contribution in [2.75, 3.05) is 7.11 Å². The van der Waals surface area contributed by atoms with Crippen LogP contribution < -0.4 is 0 Å². The van der Waals surface area contributed by atoms with E-state index in [1.165, 1.54) is 7.11 Å². The lowest BCUT2D eigenvalue weighted by molar-refractivity contribution is -0.135. The molecule has 0 amide bonds. The van der Waals surface area contributed by atoms with Crippen LogP contribution in [0.3, 0.4) is 0 Å². The van der Waals surface area contributed by atoms with Crippen LogP contribution in [0.1, 0.15) is 21.5 Å². The first-order valence-corrected chi connectivity index (χ1v) is 6.74. The van der Waals surface area contributed by atoms with Gasteiger partial charge in [0.25, 0.3) is 0 Å².